The molecule has 1 atom stereocenters. The quantitative estimate of drug-likeness (QED) is 0.450. The first kappa shape index (κ1) is 21.4. The van der Waals surface area contributed by atoms with Crippen molar-refractivity contribution in [3.8, 4) is 0 Å². The van der Waals surface area contributed by atoms with Crippen molar-refractivity contribution in [1.82, 2.24) is 24.8 Å². The van der Waals surface area contributed by atoms with E-state index in [4.69, 9.17) is 0 Å². The summed E-state index contributed by atoms with van der Waals surface area (Å²) in [5.41, 5.74) is 3.34. The number of para-hydroxylation sites is 2. The second-order valence-electron chi connectivity index (χ2n) is 7.91. The van der Waals surface area contributed by atoms with Crippen LogP contribution < -0.4 is 5.32 Å². The lowest BCUT2D eigenvalue weighted by Gasteiger charge is -2.28. The first-order valence-electron chi connectivity index (χ1n) is 10.7. The summed E-state index contributed by atoms with van der Waals surface area (Å²) in [7, 11) is 3.63. The van der Waals surface area contributed by atoms with Gasteiger partial charge in [-0.2, -0.15) is 0 Å². The number of aromatic nitrogens is 3. The van der Waals surface area contributed by atoms with E-state index in [-0.39, 0.29) is 17.9 Å². The zero-order chi connectivity index (χ0) is 22.5. The van der Waals surface area contributed by atoms with E-state index in [0.717, 1.165) is 16.6 Å². The number of fused-ring (bicyclic) bond motifs is 1. The maximum absolute atomic E-state index is 13.2. The molecule has 0 aliphatic heterocycles. The third kappa shape index (κ3) is 4.72. The van der Waals surface area contributed by atoms with Gasteiger partial charge in [-0.25, -0.2) is 4.98 Å². The van der Waals surface area contributed by atoms with Crippen molar-refractivity contribution in [2.75, 3.05) is 13.6 Å². The Balaban J connectivity index is 1.48. The molecule has 0 aliphatic rings. The van der Waals surface area contributed by atoms with Crippen molar-refractivity contribution in [2.24, 2.45) is 7.05 Å². The molecule has 2 amide bonds. The van der Waals surface area contributed by atoms with E-state index in [2.05, 4.69) is 27.4 Å². The van der Waals surface area contributed by atoms with Crippen LogP contribution in [0.5, 0.6) is 0 Å². The fourth-order valence-electron chi connectivity index (χ4n) is 3.85. The molecular formula is C25H27N5O2. The van der Waals surface area contributed by atoms with E-state index in [0.29, 0.717) is 30.9 Å². The SMILES string of the molecule is CN(C(=O)c1nc2ccccc2[nH]1)C(CCNC(=O)c1cccn1C)Cc1ccccc1. The minimum atomic E-state index is -0.170. The minimum absolute atomic E-state index is 0.105. The van der Waals surface area contributed by atoms with E-state index in [1.165, 1.54) is 0 Å². The lowest BCUT2D eigenvalue weighted by Crippen LogP contribution is -2.41. The van der Waals surface area contributed by atoms with Crippen LogP contribution in [0.2, 0.25) is 0 Å². The average Bonchev–Trinajstić information content (AvgIpc) is 3.44. The molecule has 7 nitrogen and oxygen atoms in total. The van der Waals surface area contributed by atoms with E-state index >= 15 is 0 Å². The fourth-order valence-corrected chi connectivity index (χ4v) is 3.85. The van der Waals surface area contributed by atoms with Crippen LogP contribution in [0.3, 0.4) is 0 Å². The molecule has 164 valence electrons. The summed E-state index contributed by atoms with van der Waals surface area (Å²) in [5.74, 6) is 0.0257. The molecule has 32 heavy (non-hydrogen) atoms. The smallest absolute Gasteiger partial charge is 0.289 e. The third-order valence-electron chi connectivity index (χ3n) is 5.71. The molecule has 2 heterocycles. The number of benzene rings is 2. The van der Waals surface area contributed by atoms with Crippen molar-refractivity contribution >= 4 is 22.8 Å². The topological polar surface area (TPSA) is 83.0 Å². The highest BCUT2D eigenvalue weighted by Gasteiger charge is 2.24. The van der Waals surface area contributed by atoms with Crippen molar-refractivity contribution in [2.45, 2.75) is 18.9 Å². The van der Waals surface area contributed by atoms with Crippen LogP contribution >= 0.6 is 0 Å². The van der Waals surface area contributed by atoms with Gasteiger partial charge in [0.05, 0.1) is 11.0 Å². The number of carbonyl (C=O) groups excluding carboxylic acids is 2. The molecule has 0 spiro atoms. The lowest BCUT2D eigenvalue weighted by atomic mass is 10.0. The Morgan fingerprint density at radius 3 is 2.53 bits per heavy atom. The zero-order valence-corrected chi connectivity index (χ0v) is 18.3. The van der Waals surface area contributed by atoms with Crippen LogP contribution in [0.25, 0.3) is 11.0 Å². The Morgan fingerprint density at radius 2 is 1.81 bits per heavy atom. The summed E-state index contributed by atoms with van der Waals surface area (Å²) >= 11 is 0. The number of nitrogens with one attached hydrogen (secondary N) is 2. The van der Waals surface area contributed by atoms with Crippen molar-refractivity contribution in [1.29, 1.82) is 0 Å². The molecular weight excluding hydrogens is 402 g/mol. The summed E-state index contributed by atoms with van der Waals surface area (Å²) in [6, 6.07) is 21.2. The van der Waals surface area contributed by atoms with Gasteiger partial charge < -0.3 is 19.8 Å². The molecule has 2 aromatic heterocycles. The Kier molecular flexibility index (Phi) is 6.35. The first-order chi connectivity index (χ1) is 15.5. The average molecular weight is 430 g/mol. The second kappa shape index (κ2) is 9.51. The van der Waals surface area contributed by atoms with Gasteiger partial charge in [0.25, 0.3) is 11.8 Å². The minimum Gasteiger partial charge on any atom is -0.351 e. The molecule has 0 saturated carbocycles. The molecule has 1 unspecified atom stereocenters. The van der Waals surface area contributed by atoms with Gasteiger partial charge in [0, 0.05) is 32.9 Å². The Hall–Kier alpha value is -3.87. The normalized spacial score (nSPS) is 11.9. The number of aryl methyl sites for hydroxylation is 1. The van der Waals surface area contributed by atoms with Crippen LogP contribution in [0.1, 0.15) is 33.1 Å². The van der Waals surface area contributed by atoms with Gasteiger partial charge in [0.15, 0.2) is 5.82 Å². The second-order valence-corrected chi connectivity index (χ2v) is 7.91. The van der Waals surface area contributed by atoms with Crippen molar-refractivity contribution in [3.63, 3.8) is 0 Å². The van der Waals surface area contributed by atoms with Crippen LogP contribution in [-0.2, 0) is 13.5 Å². The summed E-state index contributed by atoms with van der Waals surface area (Å²) in [6.07, 6.45) is 3.14. The molecule has 2 N–H and O–H groups in total. The number of H-pyrrole nitrogens is 1. The van der Waals surface area contributed by atoms with Crippen molar-refractivity contribution in [3.05, 3.63) is 90.0 Å². The number of hydrogen-bond acceptors (Lipinski definition) is 3. The number of carbonyl (C=O) groups is 2. The molecule has 0 aliphatic carbocycles. The zero-order valence-electron chi connectivity index (χ0n) is 18.3. The van der Waals surface area contributed by atoms with Gasteiger partial charge in [0.1, 0.15) is 5.69 Å². The monoisotopic (exact) mass is 429 g/mol. The number of hydrogen-bond donors (Lipinski definition) is 2. The third-order valence-corrected chi connectivity index (χ3v) is 5.71. The highest BCUT2D eigenvalue weighted by molar-refractivity contribution is 5.94. The summed E-state index contributed by atoms with van der Waals surface area (Å²) in [6.45, 7) is 0.458. The van der Waals surface area contributed by atoms with Crippen LogP contribution in [-0.4, -0.2) is 50.9 Å². The number of amides is 2. The molecule has 4 aromatic rings. The number of imidazole rings is 1. The van der Waals surface area contributed by atoms with E-state index in [1.807, 2.05) is 61.8 Å². The van der Waals surface area contributed by atoms with Crippen molar-refractivity contribution < 1.29 is 9.59 Å². The van der Waals surface area contributed by atoms with Gasteiger partial charge in [-0.3, -0.25) is 9.59 Å². The molecule has 4 rings (SSSR count). The summed E-state index contributed by atoms with van der Waals surface area (Å²) in [5, 5.41) is 2.98. The number of likely N-dealkylation sites (N-methyl/N-ethyl adjacent to an activating group) is 1. The largest absolute Gasteiger partial charge is 0.351 e. The highest BCUT2D eigenvalue weighted by atomic mass is 16.2. The van der Waals surface area contributed by atoms with Gasteiger partial charge in [0.2, 0.25) is 0 Å². The molecule has 2 aromatic carbocycles. The Labute approximate surface area is 187 Å². The molecule has 0 radical (unpaired) electrons. The molecule has 7 heteroatoms. The number of nitrogens with zero attached hydrogens (tertiary/aromatic N) is 3. The maximum Gasteiger partial charge on any atom is 0.289 e. The Morgan fingerprint density at radius 1 is 1.06 bits per heavy atom. The Bertz CT molecular complexity index is 1180. The molecule has 0 bridgehead atoms. The van der Waals surface area contributed by atoms with E-state index < -0.39 is 0 Å². The van der Waals surface area contributed by atoms with Crippen LogP contribution in [0.4, 0.5) is 0 Å². The summed E-state index contributed by atoms with van der Waals surface area (Å²) in [4.78, 5) is 35.0. The predicted molar refractivity (Wildman–Crippen MR) is 124 cm³/mol. The fraction of sp³-hybridized carbons (Fsp3) is 0.240. The highest BCUT2D eigenvalue weighted by Crippen LogP contribution is 2.16. The van der Waals surface area contributed by atoms with Gasteiger partial charge in [-0.15, -0.1) is 0 Å². The van der Waals surface area contributed by atoms with Gasteiger partial charge in [-0.05, 0) is 42.7 Å². The van der Waals surface area contributed by atoms with Gasteiger partial charge in [-0.1, -0.05) is 42.5 Å². The van der Waals surface area contributed by atoms with Crippen LogP contribution in [0, 0.1) is 0 Å². The maximum atomic E-state index is 13.2. The number of rotatable bonds is 8. The van der Waals surface area contributed by atoms with Crippen LogP contribution in [0.15, 0.2) is 72.9 Å². The first-order valence-corrected chi connectivity index (χ1v) is 10.7. The lowest BCUT2D eigenvalue weighted by molar-refractivity contribution is 0.0712. The summed E-state index contributed by atoms with van der Waals surface area (Å²) < 4.78 is 1.79. The number of aromatic amines is 1. The van der Waals surface area contributed by atoms with E-state index in [9.17, 15) is 9.59 Å². The van der Waals surface area contributed by atoms with E-state index in [1.54, 1.807) is 22.6 Å². The molecule has 0 saturated heterocycles. The standard InChI is InChI=1S/C25H27N5O2/c1-29-16-8-13-22(29)24(31)26-15-14-19(17-18-9-4-3-5-10-18)30(2)25(32)23-27-20-11-6-7-12-21(20)28-23/h3-13,16,19H,14-15,17H2,1-2H3,(H,26,31)(H,27,28). The predicted octanol–water partition coefficient (Wildman–Crippen LogP) is 3.40. The van der Waals surface area contributed by atoms with Gasteiger partial charge >= 0.3 is 0 Å². The molecule has 0 fully saturated rings.